The van der Waals surface area contributed by atoms with Crippen LogP contribution in [0.1, 0.15) is 22.3 Å². The SMILES string of the molecule is C=C1CNC(Cc2c(C)cc(C)cc2C)N1C. The second kappa shape index (κ2) is 4.53. The van der Waals surface area contributed by atoms with Crippen molar-refractivity contribution < 1.29 is 0 Å². The van der Waals surface area contributed by atoms with Gasteiger partial charge >= 0.3 is 0 Å². The van der Waals surface area contributed by atoms with E-state index in [1.165, 1.54) is 28.0 Å². The second-order valence-electron chi connectivity index (χ2n) is 5.16. The Morgan fingerprint density at radius 1 is 1.29 bits per heavy atom. The van der Waals surface area contributed by atoms with Crippen LogP contribution in [0, 0.1) is 20.8 Å². The van der Waals surface area contributed by atoms with Crippen LogP contribution in [0.2, 0.25) is 0 Å². The summed E-state index contributed by atoms with van der Waals surface area (Å²) in [5.41, 5.74) is 6.79. The molecule has 1 aliphatic rings. The fourth-order valence-electron chi connectivity index (χ4n) is 2.65. The minimum atomic E-state index is 0.391. The molecule has 0 amide bonds. The zero-order chi connectivity index (χ0) is 12.6. The summed E-state index contributed by atoms with van der Waals surface area (Å²) < 4.78 is 0. The average molecular weight is 230 g/mol. The summed E-state index contributed by atoms with van der Waals surface area (Å²) in [6, 6.07) is 4.54. The highest BCUT2D eigenvalue weighted by Gasteiger charge is 2.23. The van der Waals surface area contributed by atoms with Crippen molar-refractivity contribution in [3.63, 3.8) is 0 Å². The number of nitrogens with one attached hydrogen (secondary N) is 1. The number of benzene rings is 1. The van der Waals surface area contributed by atoms with Gasteiger partial charge in [-0.05, 0) is 37.5 Å². The van der Waals surface area contributed by atoms with Crippen LogP contribution in [0.15, 0.2) is 24.4 Å². The van der Waals surface area contributed by atoms with Crippen molar-refractivity contribution in [1.82, 2.24) is 10.2 Å². The molecule has 1 N–H and O–H groups in total. The number of hydrogen-bond donors (Lipinski definition) is 1. The molecule has 1 atom stereocenters. The highest BCUT2D eigenvalue weighted by molar-refractivity contribution is 5.38. The molecule has 0 radical (unpaired) electrons. The molecular weight excluding hydrogens is 208 g/mol. The molecule has 1 aromatic carbocycles. The molecule has 17 heavy (non-hydrogen) atoms. The van der Waals surface area contributed by atoms with E-state index < -0.39 is 0 Å². The van der Waals surface area contributed by atoms with E-state index in [1.807, 2.05) is 0 Å². The summed E-state index contributed by atoms with van der Waals surface area (Å²) >= 11 is 0. The zero-order valence-corrected chi connectivity index (χ0v) is 11.3. The van der Waals surface area contributed by atoms with Crippen LogP contribution < -0.4 is 5.32 Å². The van der Waals surface area contributed by atoms with Gasteiger partial charge in [-0.2, -0.15) is 0 Å². The molecule has 2 nitrogen and oxygen atoms in total. The van der Waals surface area contributed by atoms with Crippen LogP contribution in [0.25, 0.3) is 0 Å². The first kappa shape index (κ1) is 12.2. The lowest BCUT2D eigenvalue weighted by Crippen LogP contribution is -2.34. The van der Waals surface area contributed by atoms with Gasteiger partial charge in [-0.1, -0.05) is 24.3 Å². The predicted octanol–water partition coefficient (Wildman–Crippen LogP) is 2.53. The monoisotopic (exact) mass is 230 g/mol. The van der Waals surface area contributed by atoms with E-state index in [9.17, 15) is 0 Å². The molecule has 1 fully saturated rings. The molecule has 1 heterocycles. The van der Waals surface area contributed by atoms with Gasteiger partial charge < -0.3 is 4.90 Å². The lowest BCUT2D eigenvalue weighted by atomic mass is 9.96. The first-order valence-electron chi connectivity index (χ1n) is 6.19. The van der Waals surface area contributed by atoms with E-state index in [2.05, 4.69) is 56.7 Å². The molecule has 0 spiro atoms. The second-order valence-corrected chi connectivity index (χ2v) is 5.16. The van der Waals surface area contributed by atoms with Crippen molar-refractivity contribution >= 4 is 0 Å². The van der Waals surface area contributed by atoms with Crippen molar-refractivity contribution in [3.8, 4) is 0 Å². The van der Waals surface area contributed by atoms with E-state index in [0.717, 1.165) is 13.0 Å². The van der Waals surface area contributed by atoms with Crippen molar-refractivity contribution in [3.05, 3.63) is 46.7 Å². The van der Waals surface area contributed by atoms with Gasteiger partial charge in [0.2, 0.25) is 0 Å². The molecule has 1 saturated heterocycles. The predicted molar refractivity (Wildman–Crippen MR) is 73.1 cm³/mol. The largest absolute Gasteiger partial charge is 0.361 e. The Morgan fingerprint density at radius 2 is 1.88 bits per heavy atom. The lowest BCUT2D eigenvalue weighted by molar-refractivity contribution is 0.326. The van der Waals surface area contributed by atoms with Gasteiger partial charge in [0.25, 0.3) is 0 Å². The Balaban J connectivity index is 2.22. The first-order chi connectivity index (χ1) is 7.99. The molecule has 0 saturated carbocycles. The fraction of sp³-hybridized carbons (Fsp3) is 0.467. The molecule has 1 aliphatic heterocycles. The molecule has 1 unspecified atom stereocenters. The number of aryl methyl sites for hydroxylation is 3. The molecule has 92 valence electrons. The summed E-state index contributed by atoms with van der Waals surface area (Å²) in [5, 5.41) is 3.50. The molecule has 2 heteroatoms. The van der Waals surface area contributed by atoms with Crippen LogP contribution in [-0.2, 0) is 6.42 Å². The average Bonchev–Trinajstić information content (AvgIpc) is 2.54. The lowest BCUT2D eigenvalue weighted by Gasteiger charge is -2.23. The maximum Gasteiger partial charge on any atom is 0.0833 e. The Kier molecular flexibility index (Phi) is 3.25. The van der Waals surface area contributed by atoms with Crippen LogP contribution in [-0.4, -0.2) is 24.7 Å². The highest BCUT2D eigenvalue weighted by atomic mass is 15.3. The standard InChI is InChI=1S/C15H22N2/c1-10-6-11(2)14(12(3)7-10)8-15-16-9-13(4)17(15)5/h6-7,15-16H,4,8-9H2,1-3,5H3. The minimum absolute atomic E-state index is 0.391. The Bertz CT molecular complexity index is 425. The fourth-order valence-corrected chi connectivity index (χ4v) is 2.65. The number of likely N-dealkylation sites (N-methyl/N-ethyl adjacent to an activating group) is 1. The third-order valence-electron chi connectivity index (χ3n) is 3.75. The van der Waals surface area contributed by atoms with Gasteiger partial charge in [-0.25, -0.2) is 0 Å². The molecule has 0 bridgehead atoms. The van der Waals surface area contributed by atoms with Gasteiger partial charge in [-0.3, -0.25) is 5.32 Å². The number of nitrogens with zero attached hydrogens (tertiary/aromatic N) is 1. The topological polar surface area (TPSA) is 15.3 Å². The third-order valence-corrected chi connectivity index (χ3v) is 3.75. The molecule has 0 aliphatic carbocycles. The quantitative estimate of drug-likeness (QED) is 0.840. The van der Waals surface area contributed by atoms with E-state index in [0.29, 0.717) is 6.17 Å². The van der Waals surface area contributed by atoms with Crippen molar-refractivity contribution in [2.45, 2.75) is 33.4 Å². The maximum atomic E-state index is 4.05. The normalized spacial score (nSPS) is 20.1. The smallest absolute Gasteiger partial charge is 0.0833 e. The molecule has 0 aromatic heterocycles. The highest BCUT2D eigenvalue weighted by Crippen LogP contribution is 2.21. The van der Waals surface area contributed by atoms with Gasteiger partial charge in [0.05, 0.1) is 6.17 Å². The van der Waals surface area contributed by atoms with Gasteiger partial charge in [0.15, 0.2) is 0 Å². The van der Waals surface area contributed by atoms with Crippen LogP contribution in [0.3, 0.4) is 0 Å². The van der Waals surface area contributed by atoms with Gasteiger partial charge in [-0.15, -0.1) is 0 Å². The molecule has 1 aromatic rings. The summed E-state index contributed by atoms with van der Waals surface area (Å²) in [4.78, 5) is 2.25. The van der Waals surface area contributed by atoms with Crippen LogP contribution >= 0.6 is 0 Å². The Morgan fingerprint density at radius 3 is 2.35 bits per heavy atom. The van der Waals surface area contributed by atoms with Crippen LogP contribution in [0.5, 0.6) is 0 Å². The molecule has 2 rings (SSSR count). The summed E-state index contributed by atoms with van der Waals surface area (Å²) in [7, 11) is 2.12. The Labute approximate surface area is 104 Å². The number of rotatable bonds is 2. The summed E-state index contributed by atoms with van der Waals surface area (Å²) in [5.74, 6) is 0. The summed E-state index contributed by atoms with van der Waals surface area (Å²) in [6.45, 7) is 11.5. The minimum Gasteiger partial charge on any atom is -0.361 e. The third kappa shape index (κ3) is 2.37. The van der Waals surface area contributed by atoms with E-state index in [4.69, 9.17) is 0 Å². The number of hydrogen-bond acceptors (Lipinski definition) is 2. The van der Waals surface area contributed by atoms with E-state index in [1.54, 1.807) is 0 Å². The zero-order valence-electron chi connectivity index (χ0n) is 11.3. The van der Waals surface area contributed by atoms with Gasteiger partial charge in [0, 0.05) is 25.7 Å². The van der Waals surface area contributed by atoms with Gasteiger partial charge in [0.1, 0.15) is 0 Å². The van der Waals surface area contributed by atoms with Crippen molar-refractivity contribution in [1.29, 1.82) is 0 Å². The van der Waals surface area contributed by atoms with Crippen molar-refractivity contribution in [2.75, 3.05) is 13.6 Å². The first-order valence-corrected chi connectivity index (χ1v) is 6.19. The van der Waals surface area contributed by atoms with Crippen LogP contribution in [0.4, 0.5) is 0 Å². The van der Waals surface area contributed by atoms with E-state index in [-0.39, 0.29) is 0 Å². The molecular formula is C15H22N2. The van der Waals surface area contributed by atoms with E-state index >= 15 is 0 Å². The Hall–Kier alpha value is -1.28. The van der Waals surface area contributed by atoms with Crippen molar-refractivity contribution in [2.24, 2.45) is 0 Å². The maximum absolute atomic E-state index is 4.05. The summed E-state index contributed by atoms with van der Waals surface area (Å²) in [6.07, 6.45) is 1.44.